The van der Waals surface area contributed by atoms with Gasteiger partial charge < -0.3 is 5.11 Å². The Hall–Kier alpha value is -3.06. The summed E-state index contributed by atoms with van der Waals surface area (Å²) in [5.41, 5.74) is 3.37. The molecule has 3 heterocycles. The SMILES string of the molecule is CC(O)c1cn(-c2ccnc(-c3n[nH]c4c3C=CC=CC4)n2)cn1. The summed E-state index contributed by atoms with van der Waals surface area (Å²) in [7, 11) is 0. The summed E-state index contributed by atoms with van der Waals surface area (Å²) >= 11 is 0. The van der Waals surface area contributed by atoms with Crippen LogP contribution in [0.5, 0.6) is 0 Å². The van der Waals surface area contributed by atoms with Crippen molar-refractivity contribution in [1.29, 1.82) is 0 Å². The molecule has 0 spiro atoms. The molecule has 0 radical (unpaired) electrons. The molecule has 7 nitrogen and oxygen atoms in total. The maximum atomic E-state index is 9.61. The van der Waals surface area contributed by atoms with Crippen molar-refractivity contribution in [3.05, 3.63) is 60.0 Å². The molecule has 3 aromatic heterocycles. The van der Waals surface area contributed by atoms with Crippen LogP contribution in [0.15, 0.2) is 43.0 Å². The largest absolute Gasteiger partial charge is 0.387 e. The smallest absolute Gasteiger partial charge is 0.182 e. The molecule has 0 aromatic carbocycles. The number of allylic oxidation sites excluding steroid dienone is 3. The van der Waals surface area contributed by atoms with E-state index < -0.39 is 6.10 Å². The van der Waals surface area contributed by atoms with Crippen molar-refractivity contribution in [3.8, 4) is 17.3 Å². The lowest BCUT2D eigenvalue weighted by molar-refractivity contribution is 0.195. The fourth-order valence-corrected chi connectivity index (χ4v) is 2.59. The molecule has 0 amide bonds. The lowest BCUT2D eigenvalue weighted by atomic mass is 10.1. The molecule has 120 valence electrons. The monoisotopic (exact) mass is 320 g/mol. The number of imidazole rings is 1. The zero-order valence-corrected chi connectivity index (χ0v) is 13.1. The van der Waals surface area contributed by atoms with Crippen molar-refractivity contribution < 1.29 is 5.11 Å². The Labute approximate surface area is 138 Å². The second-order valence-electron chi connectivity index (χ2n) is 5.58. The van der Waals surface area contributed by atoms with E-state index in [9.17, 15) is 5.11 Å². The average molecular weight is 320 g/mol. The molecular formula is C17H16N6O. The van der Waals surface area contributed by atoms with Crippen molar-refractivity contribution in [2.24, 2.45) is 0 Å². The molecule has 7 heteroatoms. The summed E-state index contributed by atoms with van der Waals surface area (Å²) in [5.74, 6) is 1.22. The molecule has 1 aliphatic carbocycles. The summed E-state index contributed by atoms with van der Waals surface area (Å²) in [6, 6.07) is 1.79. The van der Waals surface area contributed by atoms with Crippen molar-refractivity contribution in [2.45, 2.75) is 19.4 Å². The van der Waals surface area contributed by atoms with Crippen LogP contribution in [0.2, 0.25) is 0 Å². The van der Waals surface area contributed by atoms with Crippen LogP contribution in [-0.2, 0) is 6.42 Å². The number of aliphatic hydroxyl groups excluding tert-OH is 1. The van der Waals surface area contributed by atoms with Gasteiger partial charge in [-0.1, -0.05) is 24.3 Å². The summed E-state index contributed by atoms with van der Waals surface area (Å²) in [6.45, 7) is 1.68. The molecule has 0 fully saturated rings. The Morgan fingerprint density at radius 1 is 1.29 bits per heavy atom. The van der Waals surface area contributed by atoms with E-state index in [4.69, 9.17) is 0 Å². The minimum absolute atomic E-state index is 0.545. The van der Waals surface area contributed by atoms with Gasteiger partial charge in [0.05, 0.1) is 11.8 Å². The number of aliphatic hydroxyl groups is 1. The van der Waals surface area contributed by atoms with Crippen LogP contribution >= 0.6 is 0 Å². The number of aromatic amines is 1. The molecular weight excluding hydrogens is 304 g/mol. The molecule has 0 aliphatic heterocycles. The molecule has 1 unspecified atom stereocenters. The van der Waals surface area contributed by atoms with Gasteiger partial charge in [-0.05, 0) is 13.0 Å². The Bertz CT molecular complexity index is 934. The Balaban J connectivity index is 1.74. The van der Waals surface area contributed by atoms with Crippen LogP contribution in [0.25, 0.3) is 23.4 Å². The van der Waals surface area contributed by atoms with Crippen LogP contribution in [-0.4, -0.2) is 34.8 Å². The van der Waals surface area contributed by atoms with Crippen molar-refractivity contribution >= 4 is 6.08 Å². The maximum absolute atomic E-state index is 9.61. The van der Waals surface area contributed by atoms with Crippen molar-refractivity contribution in [3.63, 3.8) is 0 Å². The molecule has 2 N–H and O–H groups in total. The zero-order valence-electron chi connectivity index (χ0n) is 13.1. The lowest BCUT2D eigenvalue weighted by Crippen LogP contribution is -1.99. The first-order chi connectivity index (χ1) is 11.7. The van der Waals surface area contributed by atoms with Crippen molar-refractivity contribution in [2.75, 3.05) is 0 Å². The zero-order chi connectivity index (χ0) is 16.5. The molecule has 4 rings (SSSR count). The van der Waals surface area contributed by atoms with E-state index in [0.29, 0.717) is 17.3 Å². The maximum Gasteiger partial charge on any atom is 0.182 e. The number of H-pyrrole nitrogens is 1. The second kappa shape index (κ2) is 5.86. The number of aromatic nitrogens is 6. The van der Waals surface area contributed by atoms with Crippen LogP contribution in [0.1, 0.15) is 30.0 Å². The minimum atomic E-state index is -0.618. The molecule has 24 heavy (non-hydrogen) atoms. The quantitative estimate of drug-likeness (QED) is 0.772. The predicted molar refractivity (Wildman–Crippen MR) is 89.2 cm³/mol. The van der Waals surface area contributed by atoms with E-state index in [-0.39, 0.29) is 0 Å². The van der Waals surface area contributed by atoms with Gasteiger partial charge in [0, 0.05) is 30.1 Å². The third kappa shape index (κ3) is 2.55. The van der Waals surface area contributed by atoms with Gasteiger partial charge in [0.2, 0.25) is 0 Å². The van der Waals surface area contributed by atoms with Crippen LogP contribution < -0.4 is 0 Å². The van der Waals surface area contributed by atoms with E-state index in [1.807, 2.05) is 18.2 Å². The average Bonchev–Trinajstić information content (AvgIpc) is 3.18. The molecule has 1 aliphatic rings. The fourth-order valence-electron chi connectivity index (χ4n) is 2.59. The molecule has 1 atom stereocenters. The third-order valence-corrected chi connectivity index (χ3v) is 3.86. The first-order valence-electron chi connectivity index (χ1n) is 7.68. The van der Waals surface area contributed by atoms with Crippen LogP contribution in [0.4, 0.5) is 0 Å². The number of fused-ring (bicyclic) bond motifs is 1. The number of nitrogens with zero attached hydrogens (tertiary/aromatic N) is 5. The topological polar surface area (TPSA) is 92.5 Å². The van der Waals surface area contributed by atoms with Gasteiger partial charge in [0.25, 0.3) is 0 Å². The van der Waals surface area contributed by atoms with Crippen LogP contribution in [0, 0.1) is 0 Å². The van der Waals surface area contributed by atoms with E-state index in [1.54, 1.807) is 36.3 Å². The Morgan fingerprint density at radius 3 is 3.04 bits per heavy atom. The van der Waals surface area contributed by atoms with Gasteiger partial charge in [-0.2, -0.15) is 5.10 Å². The van der Waals surface area contributed by atoms with E-state index in [2.05, 4.69) is 31.2 Å². The predicted octanol–water partition coefficient (Wildman–Crippen LogP) is 2.23. The number of rotatable bonds is 3. The van der Waals surface area contributed by atoms with Gasteiger partial charge in [0.15, 0.2) is 5.82 Å². The summed E-state index contributed by atoms with van der Waals surface area (Å²) in [6.07, 6.45) is 13.3. The van der Waals surface area contributed by atoms with Gasteiger partial charge in [-0.3, -0.25) is 9.67 Å². The third-order valence-electron chi connectivity index (χ3n) is 3.86. The second-order valence-corrected chi connectivity index (χ2v) is 5.58. The van der Waals surface area contributed by atoms with Gasteiger partial charge >= 0.3 is 0 Å². The molecule has 3 aromatic rings. The van der Waals surface area contributed by atoms with Gasteiger partial charge in [0.1, 0.15) is 17.8 Å². The standard InChI is InChI=1S/C17H16N6O/c1-11(24)14-9-23(10-19-14)15-7-8-18-17(20-15)16-12-5-3-2-4-6-13(12)21-22-16/h2-5,7-11,24H,6H2,1H3,(H,21,22). The summed E-state index contributed by atoms with van der Waals surface area (Å²) in [4.78, 5) is 13.1. The fraction of sp³-hybridized carbons (Fsp3) is 0.176. The minimum Gasteiger partial charge on any atom is -0.387 e. The first-order valence-corrected chi connectivity index (χ1v) is 7.68. The highest BCUT2D eigenvalue weighted by Crippen LogP contribution is 2.25. The van der Waals surface area contributed by atoms with Crippen molar-refractivity contribution in [1.82, 2.24) is 29.7 Å². The number of hydrogen-bond donors (Lipinski definition) is 2. The number of nitrogens with one attached hydrogen (secondary N) is 1. The van der Waals surface area contributed by atoms with Crippen LogP contribution in [0.3, 0.4) is 0 Å². The van der Waals surface area contributed by atoms with E-state index in [0.717, 1.165) is 23.4 Å². The first kappa shape index (κ1) is 14.5. The van der Waals surface area contributed by atoms with Gasteiger partial charge in [-0.15, -0.1) is 0 Å². The van der Waals surface area contributed by atoms with E-state index >= 15 is 0 Å². The Morgan fingerprint density at radius 2 is 2.21 bits per heavy atom. The van der Waals surface area contributed by atoms with Gasteiger partial charge in [-0.25, -0.2) is 15.0 Å². The summed E-state index contributed by atoms with van der Waals surface area (Å²) in [5, 5.41) is 17.0. The highest BCUT2D eigenvalue weighted by Gasteiger charge is 2.16. The Kier molecular flexibility index (Phi) is 3.55. The molecule has 0 saturated heterocycles. The highest BCUT2D eigenvalue weighted by molar-refractivity contribution is 5.71. The van der Waals surface area contributed by atoms with E-state index in [1.165, 1.54) is 0 Å². The normalized spacial score (nSPS) is 14.4. The molecule has 0 bridgehead atoms. The number of hydrogen-bond acceptors (Lipinski definition) is 5. The highest BCUT2D eigenvalue weighted by atomic mass is 16.3. The lowest BCUT2D eigenvalue weighted by Gasteiger charge is -2.03. The molecule has 0 saturated carbocycles. The summed E-state index contributed by atoms with van der Waals surface area (Å²) < 4.78 is 1.76.